The average molecular weight is 515 g/mol. The summed E-state index contributed by atoms with van der Waals surface area (Å²) in [5.74, 6) is -0.144. The maximum Gasteiger partial charge on any atom is 0.330 e. The molecule has 37 heavy (non-hydrogen) atoms. The minimum absolute atomic E-state index is 0.0872. The Labute approximate surface area is 220 Å². The molecule has 0 saturated carbocycles. The predicted molar refractivity (Wildman–Crippen MR) is 141 cm³/mol. The number of hydrogen-bond acceptors (Lipinski definition) is 7. The van der Waals surface area contributed by atoms with Crippen LogP contribution in [0.1, 0.15) is 58.8 Å². The van der Waals surface area contributed by atoms with Crippen LogP contribution in [0.5, 0.6) is 0 Å². The van der Waals surface area contributed by atoms with Crippen LogP contribution in [0.4, 0.5) is 0 Å². The van der Waals surface area contributed by atoms with E-state index in [4.69, 9.17) is 18.9 Å². The SMILES string of the molecule is C=C1C[C@H](C)CC2CC=CC(C/C=C\C(=O)OC(C(O)/C=C/C3C=C(C)CCO3)C[C@@H]3OC3[C@@H](O)C1)O2. The zero-order valence-corrected chi connectivity index (χ0v) is 22.0. The number of carbonyl (C=O) groups is 1. The fraction of sp³-hybridized carbons (Fsp3) is 0.633. The Kier molecular flexibility index (Phi) is 9.96. The number of ether oxygens (including phenoxy) is 4. The van der Waals surface area contributed by atoms with Gasteiger partial charge in [-0.25, -0.2) is 4.79 Å². The molecule has 0 spiro atoms. The van der Waals surface area contributed by atoms with Gasteiger partial charge in [0.2, 0.25) is 0 Å². The van der Waals surface area contributed by atoms with Crippen molar-refractivity contribution >= 4 is 5.97 Å². The van der Waals surface area contributed by atoms with E-state index in [-0.39, 0.29) is 36.9 Å². The van der Waals surface area contributed by atoms with Gasteiger partial charge in [0, 0.05) is 12.5 Å². The molecule has 0 radical (unpaired) electrons. The Bertz CT molecular complexity index is 919. The molecule has 204 valence electrons. The van der Waals surface area contributed by atoms with E-state index < -0.39 is 24.3 Å². The highest BCUT2D eigenvalue weighted by molar-refractivity contribution is 5.82. The molecule has 7 nitrogen and oxygen atoms in total. The highest BCUT2D eigenvalue weighted by Gasteiger charge is 2.46. The molecule has 4 rings (SSSR count). The summed E-state index contributed by atoms with van der Waals surface area (Å²) in [6.07, 6.45) is 14.2. The molecule has 2 N–H and O–H groups in total. The quantitative estimate of drug-likeness (QED) is 0.332. The van der Waals surface area contributed by atoms with E-state index in [1.54, 1.807) is 18.2 Å². The van der Waals surface area contributed by atoms with Crippen LogP contribution in [0.15, 0.2) is 60.3 Å². The van der Waals surface area contributed by atoms with Crippen molar-refractivity contribution < 1.29 is 34.0 Å². The molecular weight excluding hydrogens is 472 g/mol. The number of rotatable bonds is 3. The molecule has 7 heteroatoms. The van der Waals surface area contributed by atoms with Crippen LogP contribution in [0, 0.1) is 5.92 Å². The Morgan fingerprint density at radius 1 is 1.16 bits per heavy atom. The van der Waals surface area contributed by atoms with Crippen molar-refractivity contribution in [2.75, 3.05) is 6.61 Å². The standard InChI is InChI=1S/C30H42O7/c1-19-12-13-34-23(15-19)10-11-25(31)27-18-28-30(37-28)26(32)17-21(3)14-20(2)16-24-8-4-6-22(35-24)7-5-9-29(33)36-27/h4-6,9-11,15,20,22-28,30-32H,3,7-8,12-14,16-18H2,1-2H3/b9-5-,11-10+/t20-,22?,23?,24?,25?,26-,27?,28-,30?/m0/s1. The van der Waals surface area contributed by atoms with E-state index in [1.807, 2.05) is 12.2 Å². The largest absolute Gasteiger partial charge is 0.456 e. The molecule has 1 fully saturated rings. The molecule has 0 aliphatic carbocycles. The third kappa shape index (κ3) is 8.76. The second-order valence-corrected chi connectivity index (χ2v) is 11.0. The van der Waals surface area contributed by atoms with Crippen molar-refractivity contribution in [2.45, 2.75) is 108 Å². The van der Waals surface area contributed by atoms with Crippen molar-refractivity contribution in [1.29, 1.82) is 0 Å². The Morgan fingerprint density at radius 2 is 2.00 bits per heavy atom. The van der Waals surface area contributed by atoms with Crippen LogP contribution >= 0.6 is 0 Å². The lowest BCUT2D eigenvalue weighted by atomic mass is 9.91. The third-order valence-corrected chi connectivity index (χ3v) is 7.41. The molecule has 6 unspecified atom stereocenters. The van der Waals surface area contributed by atoms with Crippen LogP contribution < -0.4 is 0 Å². The average Bonchev–Trinajstić information content (AvgIpc) is 3.61. The molecule has 4 heterocycles. The Balaban J connectivity index is 1.45. The van der Waals surface area contributed by atoms with Gasteiger partial charge in [0.15, 0.2) is 0 Å². The van der Waals surface area contributed by atoms with Gasteiger partial charge >= 0.3 is 5.97 Å². The summed E-state index contributed by atoms with van der Waals surface area (Å²) in [6.45, 7) is 9.07. The maximum absolute atomic E-state index is 12.6. The first-order valence-corrected chi connectivity index (χ1v) is 13.6. The van der Waals surface area contributed by atoms with Gasteiger partial charge in [-0.2, -0.15) is 0 Å². The highest BCUT2D eigenvalue weighted by Crippen LogP contribution is 2.34. The lowest BCUT2D eigenvalue weighted by molar-refractivity contribution is -0.148. The predicted octanol–water partition coefficient (Wildman–Crippen LogP) is 4.11. The summed E-state index contributed by atoms with van der Waals surface area (Å²) in [5, 5.41) is 21.7. The first-order chi connectivity index (χ1) is 17.8. The molecule has 4 aliphatic rings. The number of hydrogen-bond donors (Lipinski definition) is 2. The molecule has 4 aliphatic heterocycles. The van der Waals surface area contributed by atoms with Gasteiger partial charge in [0.25, 0.3) is 0 Å². The lowest BCUT2D eigenvalue weighted by Crippen LogP contribution is -2.32. The van der Waals surface area contributed by atoms with Crippen molar-refractivity contribution in [2.24, 2.45) is 5.92 Å². The monoisotopic (exact) mass is 514 g/mol. The fourth-order valence-electron chi connectivity index (χ4n) is 5.42. The zero-order chi connectivity index (χ0) is 26.4. The maximum atomic E-state index is 12.6. The summed E-state index contributed by atoms with van der Waals surface area (Å²) in [6, 6.07) is 0. The van der Waals surface area contributed by atoms with E-state index in [9.17, 15) is 15.0 Å². The van der Waals surface area contributed by atoms with E-state index in [1.165, 1.54) is 11.6 Å². The van der Waals surface area contributed by atoms with Gasteiger partial charge in [0.05, 0.1) is 37.1 Å². The van der Waals surface area contributed by atoms with Gasteiger partial charge in [-0.15, -0.1) is 0 Å². The number of cyclic esters (lactones) is 1. The van der Waals surface area contributed by atoms with Crippen LogP contribution in [-0.4, -0.2) is 71.6 Å². The van der Waals surface area contributed by atoms with E-state index >= 15 is 0 Å². The first kappa shape index (κ1) is 28.0. The van der Waals surface area contributed by atoms with E-state index in [0.717, 1.165) is 31.3 Å². The number of fused-ring (bicyclic) bond motifs is 3. The van der Waals surface area contributed by atoms with Crippen molar-refractivity contribution in [1.82, 2.24) is 0 Å². The highest BCUT2D eigenvalue weighted by atomic mass is 16.6. The molecule has 0 aromatic rings. The van der Waals surface area contributed by atoms with E-state index in [0.29, 0.717) is 25.4 Å². The van der Waals surface area contributed by atoms with Crippen molar-refractivity contribution in [3.8, 4) is 0 Å². The number of aliphatic hydroxyl groups excluding tert-OH is 2. The molecule has 2 bridgehead atoms. The summed E-state index contributed by atoms with van der Waals surface area (Å²) in [4.78, 5) is 12.6. The van der Waals surface area contributed by atoms with Crippen LogP contribution in [-0.2, 0) is 23.7 Å². The summed E-state index contributed by atoms with van der Waals surface area (Å²) >= 11 is 0. The molecule has 0 aromatic carbocycles. The molecule has 0 aromatic heterocycles. The number of epoxide rings is 1. The van der Waals surface area contributed by atoms with E-state index in [2.05, 4.69) is 26.5 Å². The van der Waals surface area contributed by atoms with Crippen LogP contribution in [0.2, 0.25) is 0 Å². The molecule has 0 amide bonds. The second-order valence-electron chi connectivity index (χ2n) is 11.0. The summed E-state index contributed by atoms with van der Waals surface area (Å²) in [5.41, 5.74) is 2.23. The Morgan fingerprint density at radius 3 is 2.81 bits per heavy atom. The smallest absolute Gasteiger partial charge is 0.330 e. The minimum Gasteiger partial charge on any atom is -0.456 e. The fourth-order valence-corrected chi connectivity index (χ4v) is 5.42. The minimum atomic E-state index is -1.04. The summed E-state index contributed by atoms with van der Waals surface area (Å²) < 4.78 is 23.3. The third-order valence-electron chi connectivity index (χ3n) is 7.41. The Hall–Kier alpha value is -2.03. The number of carbonyl (C=O) groups excluding carboxylic acids is 1. The normalized spacial score (nSPS) is 39.6. The molecular formula is C30H42O7. The molecule has 9 atom stereocenters. The lowest BCUT2D eigenvalue weighted by Gasteiger charge is -2.28. The van der Waals surface area contributed by atoms with Crippen LogP contribution in [0.25, 0.3) is 0 Å². The zero-order valence-electron chi connectivity index (χ0n) is 22.0. The number of aliphatic hydroxyl groups is 2. The van der Waals surface area contributed by atoms with Gasteiger partial charge in [-0.1, -0.05) is 61.1 Å². The summed E-state index contributed by atoms with van der Waals surface area (Å²) in [7, 11) is 0. The van der Waals surface area contributed by atoms with Gasteiger partial charge in [0.1, 0.15) is 18.3 Å². The van der Waals surface area contributed by atoms with Crippen LogP contribution in [0.3, 0.4) is 0 Å². The first-order valence-electron chi connectivity index (χ1n) is 13.6. The molecule has 1 saturated heterocycles. The van der Waals surface area contributed by atoms with Gasteiger partial charge in [-0.3, -0.25) is 0 Å². The second kappa shape index (κ2) is 13.2. The van der Waals surface area contributed by atoms with Crippen molar-refractivity contribution in [3.05, 3.63) is 60.3 Å². The topological polar surface area (TPSA) is 97.8 Å². The van der Waals surface area contributed by atoms with Crippen molar-refractivity contribution in [3.63, 3.8) is 0 Å². The van der Waals surface area contributed by atoms with Gasteiger partial charge in [-0.05, 0) is 51.4 Å². The number of esters is 1. The van der Waals surface area contributed by atoms with Gasteiger partial charge < -0.3 is 29.2 Å².